The lowest BCUT2D eigenvalue weighted by molar-refractivity contribution is -0.121. The van der Waals surface area contributed by atoms with Crippen LogP contribution < -0.4 is 10.6 Å². The Bertz CT molecular complexity index is 391. The van der Waals surface area contributed by atoms with Crippen molar-refractivity contribution in [3.63, 3.8) is 0 Å². The minimum Gasteiger partial charge on any atom is -0.352 e. The first-order chi connectivity index (χ1) is 9.13. The van der Waals surface area contributed by atoms with Gasteiger partial charge >= 0.3 is 0 Å². The molecule has 0 heterocycles. The van der Waals surface area contributed by atoms with Crippen LogP contribution in [-0.2, 0) is 17.9 Å². The van der Waals surface area contributed by atoms with E-state index in [1.165, 1.54) is 11.1 Å². The Morgan fingerprint density at radius 1 is 1.21 bits per heavy atom. The molecule has 19 heavy (non-hydrogen) atoms. The molecular formula is C15H25N3O. The molecule has 1 aromatic rings. The fourth-order valence-corrected chi connectivity index (χ4v) is 1.89. The molecule has 0 spiro atoms. The highest BCUT2D eigenvalue weighted by Gasteiger charge is 2.05. The van der Waals surface area contributed by atoms with Gasteiger partial charge in [-0.15, -0.1) is 0 Å². The van der Waals surface area contributed by atoms with Crippen molar-refractivity contribution in [2.45, 2.75) is 26.4 Å². The van der Waals surface area contributed by atoms with Crippen molar-refractivity contribution in [1.82, 2.24) is 15.5 Å². The summed E-state index contributed by atoms with van der Waals surface area (Å²) >= 11 is 0. The number of hydrogen-bond donors (Lipinski definition) is 2. The molecule has 0 fully saturated rings. The Morgan fingerprint density at radius 3 is 2.53 bits per heavy atom. The normalized spacial score (nSPS) is 10.7. The molecule has 0 saturated carbocycles. The van der Waals surface area contributed by atoms with Gasteiger partial charge in [0.2, 0.25) is 5.91 Å². The molecule has 0 aromatic heterocycles. The summed E-state index contributed by atoms with van der Waals surface area (Å²) in [6.07, 6.45) is 0.531. The minimum atomic E-state index is 0.0978. The molecule has 1 rings (SSSR count). The number of nitrogens with zero attached hydrogens (tertiary/aromatic N) is 1. The quantitative estimate of drug-likeness (QED) is 0.696. The van der Waals surface area contributed by atoms with Crippen LogP contribution in [0.1, 0.15) is 24.5 Å². The third-order valence-electron chi connectivity index (χ3n) is 2.86. The van der Waals surface area contributed by atoms with E-state index in [0.29, 0.717) is 13.0 Å². The highest BCUT2D eigenvalue weighted by Crippen LogP contribution is 2.10. The smallest absolute Gasteiger partial charge is 0.221 e. The average molecular weight is 263 g/mol. The Morgan fingerprint density at radius 2 is 1.89 bits per heavy atom. The second-order valence-electron chi connectivity index (χ2n) is 4.89. The van der Waals surface area contributed by atoms with Crippen LogP contribution in [0.4, 0.5) is 0 Å². The van der Waals surface area contributed by atoms with Gasteiger partial charge in [0.25, 0.3) is 0 Å². The molecule has 0 bridgehead atoms. The maximum absolute atomic E-state index is 11.7. The van der Waals surface area contributed by atoms with E-state index in [0.717, 1.165) is 19.6 Å². The summed E-state index contributed by atoms with van der Waals surface area (Å²) in [6, 6.07) is 8.23. The van der Waals surface area contributed by atoms with Crippen LogP contribution in [0.2, 0.25) is 0 Å². The number of hydrogen-bond acceptors (Lipinski definition) is 3. The third-order valence-corrected chi connectivity index (χ3v) is 2.86. The molecule has 0 aliphatic carbocycles. The van der Waals surface area contributed by atoms with Gasteiger partial charge in [-0.25, -0.2) is 0 Å². The van der Waals surface area contributed by atoms with Gasteiger partial charge in [0.05, 0.1) is 0 Å². The van der Waals surface area contributed by atoms with Crippen molar-refractivity contribution in [2.24, 2.45) is 0 Å². The molecule has 2 N–H and O–H groups in total. The Balaban J connectivity index is 2.46. The molecule has 4 nitrogen and oxygen atoms in total. The van der Waals surface area contributed by atoms with Gasteiger partial charge in [0.1, 0.15) is 0 Å². The predicted molar refractivity (Wildman–Crippen MR) is 78.8 cm³/mol. The summed E-state index contributed by atoms with van der Waals surface area (Å²) in [6.45, 7) is 5.18. The molecule has 0 aliphatic heterocycles. The van der Waals surface area contributed by atoms with E-state index in [-0.39, 0.29) is 5.91 Å². The lowest BCUT2D eigenvalue weighted by Crippen LogP contribution is -2.27. The first-order valence-electron chi connectivity index (χ1n) is 6.82. The van der Waals surface area contributed by atoms with Gasteiger partial charge in [-0.3, -0.25) is 4.79 Å². The molecule has 106 valence electrons. The molecule has 4 heteroatoms. The molecule has 0 saturated heterocycles. The summed E-state index contributed by atoms with van der Waals surface area (Å²) < 4.78 is 0. The fraction of sp³-hybridized carbons (Fsp3) is 0.533. The monoisotopic (exact) mass is 263 g/mol. The standard InChI is InChI=1S/C15H25N3O/c1-4-16-10-9-15(19)17-11-13-7-5-6-8-14(13)12-18(2)3/h5-8,16H,4,9-12H2,1-3H3,(H,17,19). The van der Waals surface area contributed by atoms with E-state index in [9.17, 15) is 4.79 Å². The summed E-state index contributed by atoms with van der Waals surface area (Å²) in [4.78, 5) is 13.8. The van der Waals surface area contributed by atoms with Crippen LogP contribution in [0.25, 0.3) is 0 Å². The molecule has 0 atom stereocenters. The van der Waals surface area contributed by atoms with Crippen LogP contribution in [0.5, 0.6) is 0 Å². The first kappa shape index (κ1) is 15.7. The summed E-state index contributed by atoms with van der Waals surface area (Å²) in [5.74, 6) is 0.0978. The first-order valence-corrected chi connectivity index (χ1v) is 6.82. The Hall–Kier alpha value is -1.39. The van der Waals surface area contributed by atoms with Crippen molar-refractivity contribution < 1.29 is 4.79 Å². The highest BCUT2D eigenvalue weighted by atomic mass is 16.1. The van der Waals surface area contributed by atoms with Gasteiger partial charge < -0.3 is 15.5 Å². The van der Waals surface area contributed by atoms with Crippen LogP contribution in [0.15, 0.2) is 24.3 Å². The largest absolute Gasteiger partial charge is 0.352 e. The van der Waals surface area contributed by atoms with E-state index < -0.39 is 0 Å². The molecule has 0 unspecified atom stereocenters. The molecular weight excluding hydrogens is 238 g/mol. The van der Waals surface area contributed by atoms with E-state index in [1.807, 2.05) is 33.2 Å². The second-order valence-corrected chi connectivity index (χ2v) is 4.89. The zero-order chi connectivity index (χ0) is 14.1. The van der Waals surface area contributed by atoms with Gasteiger partial charge in [-0.2, -0.15) is 0 Å². The average Bonchev–Trinajstić information content (AvgIpc) is 2.37. The Kier molecular flexibility index (Phi) is 7.15. The lowest BCUT2D eigenvalue weighted by atomic mass is 10.1. The predicted octanol–water partition coefficient (Wildman–Crippen LogP) is 1.36. The van der Waals surface area contributed by atoms with Crippen LogP contribution >= 0.6 is 0 Å². The summed E-state index contributed by atoms with van der Waals surface area (Å²) in [7, 11) is 4.09. The van der Waals surface area contributed by atoms with E-state index in [2.05, 4.69) is 27.7 Å². The van der Waals surface area contributed by atoms with Crippen LogP contribution in [-0.4, -0.2) is 38.0 Å². The summed E-state index contributed by atoms with van der Waals surface area (Å²) in [5, 5.41) is 6.12. The maximum atomic E-state index is 11.7. The van der Waals surface area contributed by atoms with Crippen LogP contribution in [0, 0.1) is 0 Å². The molecule has 1 amide bonds. The second kappa shape index (κ2) is 8.67. The van der Waals surface area contributed by atoms with Gasteiger partial charge in [-0.05, 0) is 31.8 Å². The van der Waals surface area contributed by atoms with Gasteiger partial charge in [-0.1, -0.05) is 31.2 Å². The van der Waals surface area contributed by atoms with E-state index >= 15 is 0 Å². The lowest BCUT2D eigenvalue weighted by Gasteiger charge is -2.14. The Labute approximate surface area is 116 Å². The zero-order valence-electron chi connectivity index (χ0n) is 12.2. The van der Waals surface area contributed by atoms with E-state index in [1.54, 1.807) is 0 Å². The minimum absolute atomic E-state index is 0.0978. The fourth-order valence-electron chi connectivity index (χ4n) is 1.89. The molecule has 0 aliphatic rings. The topological polar surface area (TPSA) is 44.4 Å². The maximum Gasteiger partial charge on any atom is 0.221 e. The van der Waals surface area contributed by atoms with Crippen molar-refractivity contribution >= 4 is 5.91 Å². The van der Waals surface area contributed by atoms with Crippen LogP contribution in [0.3, 0.4) is 0 Å². The number of amides is 1. The van der Waals surface area contributed by atoms with Crippen molar-refractivity contribution in [2.75, 3.05) is 27.2 Å². The third kappa shape index (κ3) is 6.36. The SMILES string of the molecule is CCNCCC(=O)NCc1ccccc1CN(C)C. The van der Waals surface area contributed by atoms with Gasteiger partial charge in [0, 0.05) is 26.1 Å². The van der Waals surface area contributed by atoms with Crippen molar-refractivity contribution in [3.8, 4) is 0 Å². The van der Waals surface area contributed by atoms with Gasteiger partial charge in [0.15, 0.2) is 0 Å². The summed E-state index contributed by atoms with van der Waals surface area (Å²) in [5.41, 5.74) is 2.45. The zero-order valence-corrected chi connectivity index (χ0v) is 12.2. The number of nitrogens with one attached hydrogen (secondary N) is 2. The number of carbonyl (C=O) groups excluding carboxylic acids is 1. The molecule has 0 radical (unpaired) electrons. The van der Waals surface area contributed by atoms with E-state index in [4.69, 9.17) is 0 Å². The molecule has 1 aromatic carbocycles. The number of benzene rings is 1. The van der Waals surface area contributed by atoms with Crippen molar-refractivity contribution in [3.05, 3.63) is 35.4 Å². The highest BCUT2D eigenvalue weighted by molar-refractivity contribution is 5.76. The van der Waals surface area contributed by atoms with Crippen molar-refractivity contribution in [1.29, 1.82) is 0 Å². The number of carbonyl (C=O) groups is 1. The number of rotatable bonds is 8.